The summed E-state index contributed by atoms with van der Waals surface area (Å²) in [7, 11) is 0. The van der Waals surface area contributed by atoms with Crippen LogP contribution < -0.4 is 4.68 Å². The third kappa shape index (κ3) is 1.14. The van der Waals surface area contributed by atoms with E-state index >= 15 is 0 Å². The van der Waals surface area contributed by atoms with Crippen molar-refractivity contribution < 1.29 is 9.89 Å². The number of aromatic nitrogens is 3. The van der Waals surface area contributed by atoms with Gasteiger partial charge in [-0.2, -0.15) is 0 Å². The van der Waals surface area contributed by atoms with Crippen LogP contribution >= 0.6 is 0 Å². The van der Waals surface area contributed by atoms with Crippen LogP contribution in [0.25, 0.3) is 11.0 Å². The predicted molar refractivity (Wildman–Crippen MR) is 47.5 cm³/mol. The molecule has 13 heavy (non-hydrogen) atoms. The van der Waals surface area contributed by atoms with Gasteiger partial charge in [-0.05, 0) is 26.0 Å². The number of fused-ring (bicyclic) bond motifs is 1. The first-order chi connectivity index (χ1) is 6.20. The van der Waals surface area contributed by atoms with Crippen LogP contribution in [0.5, 0.6) is 0 Å². The Hall–Kier alpha value is -1.58. The van der Waals surface area contributed by atoms with Gasteiger partial charge in [0.1, 0.15) is 11.3 Å². The molecular formula is C9H12N3O+. The van der Waals surface area contributed by atoms with Crippen LogP contribution in [0.4, 0.5) is 0 Å². The van der Waals surface area contributed by atoms with Crippen molar-refractivity contribution in [2.45, 2.75) is 19.9 Å². The molecule has 1 heterocycles. The SMILES string of the molecule is CC(C)[n+]1nn(O)c2ccccc21. The third-order valence-corrected chi connectivity index (χ3v) is 2.01. The zero-order chi connectivity index (χ0) is 9.42. The Kier molecular flexibility index (Phi) is 1.69. The highest BCUT2D eigenvalue weighted by molar-refractivity contribution is 5.70. The maximum Gasteiger partial charge on any atom is 0.246 e. The quantitative estimate of drug-likeness (QED) is 0.525. The second kappa shape index (κ2) is 2.73. The molecular weight excluding hydrogens is 166 g/mol. The Labute approximate surface area is 76.0 Å². The standard InChI is InChI=1S/C9H12N3O/c1-7(2)11-8-5-3-4-6-9(8)12(13)10-11/h3-7H,1-2H3,(H,10,13)/q+1. The molecule has 0 saturated heterocycles. The lowest BCUT2D eigenvalue weighted by Gasteiger charge is -1.95. The van der Waals surface area contributed by atoms with Crippen LogP contribution in [0, 0.1) is 0 Å². The van der Waals surface area contributed by atoms with Crippen molar-refractivity contribution >= 4 is 11.0 Å². The summed E-state index contributed by atoms with van der Waals surface area (Å²) in [5, 5.41) is 13.4. The lowest BCUT2D eigenvalue weighted by Crippen LogP contribution is -2.39. The largest absolute Gasteiger partial charge is 0.329 e. The van der Waals surface area contributed by atoms with Gasteiger partial charge in [0, 0.05) is 0 Å². The Morgan fingerprint density at radius 2 is 2.08 bits per heavy atom. The lowest BCUT2D eigenvalue weighted by molar-refractivity contribution is -0.752. The maximum absolute atomic E-state index is 9.43. The minimum atomic E-state index is 0.248. The van der Waals surface area contributed by atoms with Crippen LogP contribution in [-0.4, -0.2) is 15.3 Å². The van der Waals surface area contributed by atoms with Gasteiger partial charge in [0.15, 0.2) is 0 Å². The molecule has 0 unspecified atom stereocenters. The van der Waals surface area contributed by atoms with Crippen molar-refractivity contribution in [1.82, 2.24) is 10.1 Å². The minimum Gasteiger partial charge on any atom is -0.329 e. The van der Waals surface area contributed by atoms with Crippen LogP contribution in [0.3, 0.4) is 0 Å². The second-order valence-corrected chi connectivity index (χ2v) is 3.31. The first kappa shape index (κ1) is 8.04. The number of hydrogen-bond donors (Lipinski definition) is 1. The molecule has 0 amide bonds. The Bertz CT molecular complexity index is 433. The summed E-state index contributed by atoms with van der Waals surface area (Å²) in [5.41, 5.74) is 1.68. The van der Waals surface area contributed by atoms with E-state index in [4.69, 9.17) is 0 Å². The Morgan fingerprint density at radius 1 is 1.38 bits per heavy atom. The molecule has 0 atom stereocenters. The summed E-state index contributed by atoms with van der Waals surface area (Å²) in [5.74, 6) is 0. The van der Waals surface area contributed by atoms with Crippen molar-refractivity contribution in [2.75, 3.05) is 0 Å². The number of para-hydroxylation sites is 2. The fourth-order valence-electron chi connectivity index (χ4n) is 1.40. The summed E-state index contributed by atoms with van der Waals surface area (Å²) >= 11 is 0. The number of benzene rings is 1. The van der Waals surface area contributed by atoms with Crippen molar-refractivity contribution in [2.24, 2.45) is 0 Å². The average molecular weight is 178 g/mol. The van der Waals surface area contributed by atoms with E-state index in [-0.39, 0.29) is 6.04 Å². The highest BCUT2D eigenvalue weighted by atomic mass is 16.5. The van der Waals surface area contributed by atoms with E-state index in [0.717, 1.165) is 15.9 Å². The van der Waals surface area contributed by atoms with Gasteiger partial charge in [-0.25, -0.2) is 0 Å². The van der Waals surface area contributed by atoms with Crippen LogP contribution in [-0.2, 0) is 0 Å². The van der Waals surface area contributed by atoms with Crippen LogP contribution in [0.2, 0.25) is 0 Å². The topological polar surface area (TPSA) is 41.9 Å². The van der Waals surface area contributed by atoms with E-state index in [9.17, 15) is 5.21 Å². The molecule has 1 aromatic heterocycles. The number of hydrogen-bond acceptors (Lipinski definition) is 2. The maximum atomic E-state index is 9.43. The normalized spacial score (nSPS) is 11.3. The highest BCUT2D eigenvalue weighted by Crippen LogP contribution is 2.08. The molecule has 0 saturated carbocycles. The third-order valence-electron chi connectivity index (χ3n) is 2.01. The molecule has 1 N–H and O–H groups in total. The molecule has 4 nitrogen and oxygen atoms in total. The van der Waals surface area contributed by atoms with E-state index in [1.807, 2.05) is 38.1 Å². The zero-order valence-corrected chi connectivity index (χ0v) is 7.68. The molecule has 0 bridgehead atoms. The second-order valence-electron chi connectivity index (χ2n) is 3.31. The summed E-state index contributed by atoms with van der Waals surface area (Å²) in [6.45, 7) is 4.05. The van der Waals surface area contributed by atoms with Gasteiger partial charge in [-0.3, -0.25) is 0 Å². The minimum absolute atomic E-state index is 0.248. The summed E-state index contributed by atoms with van der Waals surface area (Å²) in [4.78, 5) is 0.912. The van der Waals surface area contributed by atoms with Crippen LogP contribution in [0.15, 0.2) is 24.3 Å². The molecule has 2 aromatic rings. The molecule has 68 valence electrons. The van der Waals surface area contributed by atoms with Gasteiger partial charge in [-0.1, -0.05) is 12.1 Å². The van der Waals surface area contributed by atoms with Crippen molar-refractivity contribution in [3.63, 3.8) is 0 Å². The zero-order valence-electron chi connectivity index (χ0n) is 7.68. The summed E-state index contributed by atoms with van der Waals surface area (Å²) < 4.78 is 1.79. The van der Waals surface area contributed by atoms with Gasteiger partial charge in [-0.15, -0.1) is 4.68 Å². The van der Waals surface area contributed by atoms with Crippen LogP contribution in [0.1, 0.15) is 19.9 Å². The molecule has 0 radical (unpaired) electrons. The Balaban J connectivity index is 2.78. The van der Waals surface area contributed by atoms with Gasteiger partial charge in [0.05, 0.1) is 4.85 Å². The molecule has 0 spiro atoms. The van der Waals surface area contributed by atoms with Crippen molar-refractivity contribution in [3.8, 4) is 0 Å². The van der Waals surface area contributed by atoms with E-state index < -0.39 is 0 Å². The highest BCUT2D eigenvalue weighted by Gasteiger charge is 2.18. The molecule has 1 aromatic carbocycles. The van der Waals surface area contributed by atoms with E-state index in [1.54, 1.807) is 4.68 Å². The molecule has 2 rings (SSSR count). The fraction of sp³-hybridized carbons (Fsp3) is 0.333. The van der Waals surface area contributed by atoms with Gasteiger partial charge in [0.2, 0.25) is 11.0 Å². The average Bonchev–Trinajstić information content (AvgIpc) is 2.45. The fourth-order valence-corrected chi connectivity index (χ4v) is 1.40. The molecule has 0 aliphatic rings. The molecule has 0 aliphatic carbocycles. The molecule has 0 fully saturated rings. The van der Waals surface area contributed by atoms with Gasteiger partial charge < -0.3 is 5.21 Å². The summed E-state index contributed by atoms with van der Waals surface area (Å²) in [6.07, 6.45) is 0. The number of nitrogens with zero attached hydrogens (tertiary/aromatic N) is 3. The van der Waals surface area contributed by atoms with Gasteiger partial charge in [0.25, 0.3) is 0 Å². The predicted octanol–water partition coefficient (Wildman–Crippen LogP) is 1.14. The summed E-state index contributed by atoms with van der Waals surface area (Å²) in [6, 6.07) is 7.83. The Morgan fingerprint density at radius 3 is 2.77 bits per heavy atom. The monoisotopic (exact) mass is 178 g/mol. The van der Waals surface area contributed by atoms with E-state index in [1.165, 1.54) is 0 Å². The van der Waals surface area contributed by atoms with Crippen molar-refractivity contribution in [1.29, 1.82) is 0 Å². The number of rotatable bonds is 1. The van der Waals surface area contributed by atoms with Crippen molar-refractivity contribution in [3.05, 3.63) is 24.3 Å². The first-order valence-electron chi connectivity index (χ1n) is 4.29. The van der Waals surface area contributed by atoms with Gasteiger partial charge >= 0.3 is 0 Å². The lowest BCUT2D eigenvalue weighted by atomic mass is 10.3. The van der Waals surface area contributed by atoms with E-state index in [2.05, 4.69) is 5.21 Å². The first-order valence-corrected chi connectivity index (χ1v) is 4.29. The smallest absolute Gasteiger partial charge is 0.246 e. The van der Waals surface area contributed by atoms with E-state index in [0.29, 0.717) is 0 Å². The molecule has 0 aliphatic heterocycles. The molecule has 4 heteroatoms.